The van der Waals surface area contributed by atoms with Gasteiger partial charge < -0.3 is 4.57 Å². The maximum Gasteiger partial charge on any atom is 0.141 e. The van der Waals surface area contributed by atoms with Gasteiger partial charge in [0.2, 0.25) is 0 Å². The van der Waals surface area contributed by atoms with Gasteiger partial charge in [0.25, 0.3) is 0 Å². The highest BCUT2D eigenvalue weighted by Crippen LogP contribution is 2.28. The van der Waals surface area contributed by atoms with Crippen molar-refractivity contribution in [3.63, 3.8) is 0 Å². The van der Waals surface area contributed by atoms with Crippen molar-refractivity contribution in [3.05, 3.63) is 87.3 Å². The van der Waals surface area contributed by atoms with Gasteiger partial charge in [-0.1, -0.05) is 68.3 Å². The minimum absolute atomic E-state index is 0.780. The maximum absolute atomic E-state index is 4.87. The first-order valence-corrected chi connectivity index (χ1v) is 9.25. The smallest absolute Gasteiger partial charge is 0.141 e. The number of hydrogen-bond acceptors (Lipinski definition) is 1. The van der Waals surface area contributed by atoms with E-state index in [1.54, 1.807) is 0 Å². The van der Waals surface area contributed by atoms with Gasteiger partial charge in [-0.05, 0) is 42.0 Å². The van der Waals surface area contributed by atoms with E-state index in [1.165, 1.54) is 5.56 Å². The number of aromatic nitrogens is 2. The van der Waals surface area contributed by atoms with Crippen LogP contribution in [-0.2, 0) is 6.54 Å². The van der Waals surface area contributed by atoms with Crippen molar-refractivity contribution in [2.45, 2.75) is 6.54 Å². The molecule has 1 aromatic heterocycles. The first kappa shape index (κ1) is 15.6. The largest absolute Gasteiger partial charge is 0.319 e. The molecular weight excluding hydrogens is 428 g/mol. The molecule has 0 radical (unpaired) electrons. The Hall–Kier alpha value is -1.91. The van der Waals surface area contributed by atoms with Crippen molar-refractivity contribution in [3.8, 4) is 11.4 Å². The van der Waals surface area contributed by atoms with E-state index in [9.17, 15) is 0 Å². The highest BCUT2D eigenvalue weighted by atomic mass is 79.9. The molecule has 4 rings (SSSR count). The van der Waals surface area contributed by atoms with Crippen molar-refractivity contribution in [1.82, 2.24) is 9.55 Å². The lowest BCUT2D eigenvalue weighted by Crippen LogP contribution is -2.02. The minimum atomic E-state index is 0.780. The summed E-state index contributed by atoms with van der Waals surface area (Å²) in [5, 5.41) is 0. The average molecular weight is 442 g/mol. The normalized spacial score (nSPS) is 11.1. The number of rotatable bonds is 3. The van der Waals surface area contributed by atoms with Crippen LogP contribution < -0.4 is 0 Å². The van der Waals surface area contributed by atoms with Gasteiger partial charge in [0.1, 0.15) is 5.82 Å². The molecular formula is C20H14Br2N2. The predicted octanol–water partition coefficient (Wildman–Crippen LogP) is 6.28. The number of imidazole rings is 1. The van der Waals surface area contributed by atoms with E-state index in [4.69, 9.17) is 4.98 Å². The zero-order chi connectivity index (χ0) is 16.5. The van der Waals surface area contributed by atoms with E-state index < -0.39 is 0 Å². The molecule has 0 bridgehead atoms. The SMILES string of the molecule is Brc1cccc(Cn2c(-c3cccc(Br)c3)nc3ccccc32)c1. The summed E-state index contributed by atoms with van der Waals surface area (Å²) in [5.74, 6) is 0.984. The lowest BCUT2D eigenvalue weighted by molar-refractivity contribution is 0.834. The Morgan fingerprint density at radius 1 is 0.792 bits per heavy atom. The monoisotopic (exact) mass is 440 g/mol. The van der Waals surface area contributed by atoms with Crippen molar-refractivity contribution in [1.29, 1.82) is 0 Å². The highest BCUT2D eigenvalue weighted by molar-refractivity contribution is 9.10. The molecule has 24 heavy (non-hydrogen) atoms. The topological polar surface area (TPSA) is 17.8 Å². The molecule has 3 aromatic carbocycles. The molecule has 0 aliphatic carbocycles. The van der Waals surface area contributed by atoms with E-state index in [-0.39, 0.29) is 0 Å². The maximum atomic E-state index is 4.87. The Morgan fingerprint density at radius 3 is 2.33 bits per heavy atom. The van der Waals surface area contributed by atoms with Gasteiger partial charge in [0.15, 0.2) is 0 Å². The van der Waals surface area contributed by atoms with Gasteiger partial charge in [-0.3, -0.25) is 0 Å². The highest BCUT2D eigenvalue weighted by Gasteiger charge is 2.13. The molecule has 0 N–H and O–H groups in total. The molecule has 0 saturated heterocycles. The van der Waals surface area contributed by atoms with E-state index >= 15 is 0 Å². The second-order valence-electron chi connectivity index (χ2n) is 5.65. The van der Waals surface area contributed by atoms with Gasteiger partial charge >= 0.3 is 0 Å². The number of halogens is 2. The Labute approximate surface area is 157 Å². The van der Waals surface area contributed by atoms with Crippen molar-refractivity contribution < 1.29 is 0 Å². The van der Waals surface area contributed by atoms with Crippen LogP contribution in [0, 0.1) is 0 Å². The van der Waals surface area contributed by atoms with Crippen LogP contribution >= 0.6 is 31.9 Å². The fourth-order valence-electron chi connectivity index (χ4n) is 2.90. The van der Waals surface area contributed by atoms with Crippen molar-refractivity contribution >= 4 is 42.9 Å². The van der Waals surface area contributed by atoms with Crippen LogP contribution in [0.3, 0.4) is 0 Å². The van der Waals surface area contributed by atoms with E-state index in [0.29, 0.717) is 0 Å². The molecule has 0 atom stereocenters. The quantitative estimate of drug-likeness (QED) is 0.366. The van der Waals surface area contributed by atoms with Crippen LogP contribution in [-0.4, -0.2) is 9.55 Å². The van der Waals surface area contributed by atoms with Crippen molar-refractivity contribution in [2.24, 2.45) is 0 Å². The van der Waals surface area contributed by atoms with Gasteiger partial charge in [0, 0.05) is 21.1 Å². The third-order valence-corrected chi connectivity index (χ3v) is 4.95. The minimum Gasteiger partial charge on any atom is -0.319 e. The molecule has 118 valence electrons. The first-order valence-electron chi connectivity index (χ1n) is 7.66. The Kier molecular flexibility index (Phi) is 4.25. The van der Waals surface area contributed by atoms with Crippen LogP contribution in [0.2, 0.25) is 0 Å². The molecule has 0 aliphatic rings. The molecule has 0 saturated carbocycles. The van der Waals surface area contributed by atoms with E-state index in [0.717, 1.165) is 37.9 Å². The molecule has 1 heterocycles. The number of nitrogens with zero attached hydrogens (tertiary/aromatic N) is 2. The van der Waals surface area contributed by atoms with Crippen molar-refractivity contribution in [2.75, 3.05) is 0 Å². The molecule has 0 fully saturated rings. The van der Waals surface area contributed by atoms with Gasteiger partial charge in [-0.15, -0.1) is 0 Å². The number of benzene rings is 3. The predicted molar refractivity (Wildman–Crippen MR) is 106 cm³/mol. The molecule has 0 aliphatic heterocycles. The average Bonchev–Trinajstić information content (AvgIpc) is 2.94. The summed E-state index contributed by atoms with van der Waals surface area (Å²) >= 11 is 7.12. The molecule has 0 amide bonds. The lowest BCUT2D eigenvalue weighted by Gasteiger charge is -2.10. The third-order valence-electron chi connectivity index (χ3n) is 3.97. The number of hydrogen-bond donors (Lipinski definition) is 0. The van der Waals surface area contributed by atoms with Gasteiger partial charge in [0.05, 0.1) is 11.0 Å². The van der Waals surface area contributed by atoms with Crippen LogP contribution in [0.15, 0.2) is 81.7 Å². The standard InChI is InChI=1S/C20H14Br2N2/c21-16-7-3-5-14(11-16)13-24-19-10-2-1-9-18(19)23-20(24)15-6-4-8-17(22)12-15/h1-12H,13H2. The fraction of sp³-hybridized carbons (Fsp3) is 0.0500. The first-order chi connectivity index (χ1) is 11.7. The van der Waals surface area contributed by atoms with E-state index in [1.807, 2.05) is 24.3 Å². The summed E-state index contributed by atoms with van der Waals surface area (Å²) in [6.07, 6.45) is 0. The lowest BCUT2D eigenvalue weighted by atomic mass is 10.2. The summed E-state index contributed by atoms with van der Waals surface area (Å²) in [5.41, 5.74) is 4.51. The third kappa shape index (κ3) is 3.04. The Balaban J connectivity index is 1.90. The molecule has 4 heteroatoms. The van der Waals surface area contributed by atoms with Gasteiger partial charge in [-0.2, -0.15) is 0 Å². The summed E-state index contributed by atoms with van der Waals surface area (Å²) in [6, 6.07) is 25.0. The summed E-state index contributed by atoms with van der Waals surface area (Å²) in [4.78, 5) is 4.87. The van der Waals surface area contributed by atoms with E-state index in [2.05, 4.69) is 85.0 Å². The summed E-state index contributed by atoms with van der Waals surface area (Å²) in [6.45, 7) is 0.780. The Morgan fingerprint density at radius 2 is 1.54 bits per heavy atom. The zero-order valence-electron chi connectivity index (χ0n) is 12.8. The molecule has 0 unspecified atom stereocenters. The number of para-hydroxylation sites is 2. The molecule has 0 spiro atoms. The number of fused-ring (bicyclic) bond motifs is 1. The van der Waals surface area contributed by atoms with Crippen LogP contribution in [0.5, 0.6) is 0 Å². The molecule has 2 nitrogen and oxygen atoms in total. The summed E-state index contributed by atoms with van der Waals surface area (Å²) < 4.78 is 4.42. The van der Waals surface area contributed by atoms with Crippen LogP contribution in [0.4, 0.5) is 0 Å². The molecule has 4 aromatic rings. The second-order valence-corrected chi connectivity index (χ2v) is 7.48. The second kappa shape index (κ2) is 6.54. The van der Waals surface area contributed by atoms with Gasteiger partial charge in [-0.25, -0.2) is 4.98 Å². The Bertz CT molecular complexity index is 1020. The fourth-order valence-corrected chi connectivity index (χ4v) is 3.75. The zero-order valence-corrected chi connectivity index (χ0v) is 16.0. The van der Waals surface area contributed by atoms with Crippen LogP contribution in [0.1, 0.15) is 5.56 Å². The van der Waals surface area contributed by atoms with Crippen LogP contribution in [0.25, 0.3) is 22.4 Å². The summed E-state index contributed by atoms with van der Waals surface area (Å²) in [7, 11) is 0.